The fourth-order valence-corrected chi connectivity index (χ4v) is 7.95. The summed E-state index contributed by atoms with van der Waals surface area (Å²) in [7, 11) is 1.62. The number of ether oxygens (including phenoxy) is 1. The van der Waals surface area contributed by atoms with Gasteiger partial charge in [-0.2, -0.15) is 0 Å². The number of aliphatic imine (C=N–C) groups is 1. The van der Waals surface area contributed by atoms with Gasteiger partial charge in [0.05, 0.1) is 11.8 Å². The molecule has 2 aliphatic carbocycles. The van der Waals surface area contributed by atoms with Crippen LogP contribution in [0.15, 0.2) is 71.7 Å². The van der Waals surface area contributed by atoms with Gasteiger partial charge in [-0.25, -0.2) is 4.58 Å². The van der Waals surface area contributed by atoms with Gasteiger partial charge in [0.25, 0.3) is 6.34 Å². The van der Waals surface area contributed by atoms with Crippen molar-refractivity contribution in [2.75, 3.05) is 7.11 Å². The maximum atomic E-state index is 11.6. The highest BCUT2D eigenvalue weighted by Gasteiger charge is 2.75. The topological polar surface area (TPSA) is 44.8 Å². The molecule has 5 unspecified atom stereocenters. The molecule has 0 bridgehead atoms. The molecule has 4 heteroatoms. The van der Waals surface area contributed by atoms with E-state index in [0.29, 0.717) is 0 Å². The van der Waals surface area contributed by atoms with Gasteiger partial charge in [-0.15, -0.1) is 0 Å². The zero-order chi connectivity index (χ0) is 27.1. The molecule has 2 aliphatic heterocycles. The number of hydrogen-bond acceptors (Lipinski definition) is 3. The van der Waals surface area contributed by atoms with Crippen molar-refractivity contribution in [1.82, 2.24) is 0 Å². The predicted octanol–water partition coefficient (Wildman–Crippen LogP) is 6.39. The first-order chi connectivity index (χ1) is 18.6. The number of nitrogens with zero attached hydrogens (tertiary/aromatic N) is 2. The molecule has 0 aromatic heterocycles. The van der Waals surface area contributed by atoms with Crippen LogP contribution in [0.4, 0.5) is 0 Å². The van der Waals surface area contributed by atoms with Gasteiger partial charge in [0, 0.05) is 18.1 Å². The minimum absolute atomic E-state index is 0.0687. The van der Waals surface area contributed by atoms with Crippen LogP contribution in [0.3, 0.4) is 0 Å². The van der Waals surface area contributed by atoms with E-state index in [1.54, 1.807) is 7.11 Å². The molecule has 196 valence electrons. The van der Waals surface area contributed by atoms with Crippen molar-refractivity contribution in [3.05, 3.63) is 94.5 Å². The number of fused-ring (bicyclic) bond motifs is 12. The second-order valence-electron chi connectivity index (χ2n) is 13.6. The summed E-state index contributed by atoms with van der Waals surface area (Å²) in [5, 5.41) is 16.7. The summed E-state index contributed by atoms with van der Waals surface area (Å²) >= 11 is 0. The van der Waals surface area contributed by atoms with Crippen LogP contribution >= 0.6 is 0 Å². The fourth-order valence-electron chi connectivity index (χ4n) is 7.95. The maximum absolute atomic E-state index is 11.6. The Balaban J connectivity index is 1.44. The second kappa shape index (κ2) is 7.24. The third kappa shape index (κ3) is 2.86. The lowest BCUT2D eigenvalue weighted by Crippen LogP contribution is -2.44. The van der Waals surface area contributed by atoms with E-state index in [1.807, 2.05) is 6.34 Å². The molecule has 1 saturated carbocycles. The van der Waals surface area contributed by atoms with Crippen LogP contribution in [0.2, 0.25) is 0 Å². The summed E-state index contributed by atoms with van der Waals surface area (Å²) < 4.78 is 8.05. The summed E-state index contributed by atoms with van der Waals surface area (Å²) in [4.78, 5) is 5.22. The van der Waals surface area contributed by atoms with Gasteiger partial charge in [0.2, 0.25) is 5.79 Å². The molecule has 0 radical (unpaired) electrons. The van der Waals surface area contributed by atoms with Gasteiger partial charge in [0.1, 0.15) is 5.71 Å². The minimum Gasteiger partial charge on any atom is -0.362 e. The Labute approximate surface area is 229 Å². The third-order valence-corrected chi connectivity index (χ3v) is 10.1. The van der Waals surface area contributed by atoms with Crippen LogP contribution in [0.25, 0.3) is 21.5 Å². The molecule has 5 atom stereocenters. The highest BCUT2D eigenvalue weighted by Crippen LogP contribution is 2.61. The Hall–Kier alpha value is -3.34. The van der Waals surface area contributed by atoms with Gasteiger partial charge in [-0.3, -0.25) is 0 Å². The molecular formula is C35H35N2O2+. The van der Waals surface area contributed by atoms with Crippen molar-refractivity contribution in [3.63, 3.8) is 0 Å². The largest absolute Gasteiger partial charge is 0.362 e. The number of hydrogen-bond donors (Lipinski definition) is 1. The van der Waals surface area contributed by atoms with E-state index in [2.05, 4.69) is 106 Å². The van der Waals surface area contributed by atoms with Gasteiger partial charge in [0.15, 0.2) is 12.1 Å². The number of rotatable bonds is 1. The number of methoxy groups -OCH3 is 1. The van der Waals surface area contributed by atoms with E-state index >= 15 is 0 Å². The average molecular weight is 516 g/mol. The zero-order valence-electron chi connectivity index (χ0n) is 23.5. The molecule has 0 saturated heterocycles. The Bertz CT molecular complexity index is 1810. The number of benzene rings is 4. The summed E-state index contributed by atoms with van der Waals surface area (Å²) in [6.07, 6.45) is 2.00. The van der Waals surface area contributed by atoms with Gasteiger partial charge < -0.3 is 9.84 Å². The standard InChI is InChI=1S/C35H35N2O2/c1-33(2,3)22-12-14-23-21(15-22)11-13-24-27(23)30-28-25-16-19-9-7-8-10-20(19)17-26(25)34(4,5)31(28)36-18-37(30)32-29(24)35(32,38)39-6/h7-18,28-29,31-32,38H,1-6H3/q+1. The normalized spacial score (nSPS) is 29.6. The molecular weight excluding hydrogens is 480 g/mol. The summed E-state index contributed by atoms with van der Waals surface area (Å²) in [6, 6.07) is 24.8. The van der Waals surface area contributed by atoms with Gasteiger partial charge in [-0.1, -0.05) is 100 Å². The monoisotopic (exact) mass is 515 g/mol. The van der Waals surface area contributed by atoms with Crippen LogP contribution in [0.1, 0.15) is 74.3 Å². The van der Waals surface area contributed by atoms with Gasteiger partial charge in [-0.05, 0) is 55.3 Å². The van der Waals surface area contributed by atoms with E-state index < -0.39 is 5.79 Å². The quantitative estimate of drug-likeness (QED) is 0.236. The molecule has 39 heavy (non-hydrogen) atoms. The van der Waals surface area contributed by atoms with E-state index in [1.165, 1.54) is 55.1 Å². The molecule has 4 aliphatic rings. The molecule has 2 heterocycles. The molecule has 0 spiro atoms. The minimum atomic E-state index is -1.23. The first-order valence-electron chi connectivity index (χ1n) is 14.1. The molecule has 1 N–H and O–H groups in total. The lowest BCUT2D eigenvalue weighted by Gasteiger charge is -2.30. The Morgan fingerprint density at radius 1 is 0.897 bits per heavy atom. The van der Waals surface area contributed by atoms with Crippen molar-refractivity contribution in [1.29, 1.82) is 0 Å². The van der Waals surface area contributed by atoms with E-state index in [4.69, 9.17) is 9.73 Å². The lowest BCUT2D eigenvalue weighted by atomic mass is 9.76. The summed E-state index contributed by atoms with van der Waals surface area (Å²) in [5.41, 5.74) is 7.70. The molecule has 0 amide bonds. The van der Waals surface area contributed by atoms with Crippen molar-refractivity contribution in [3.8, 4) is 0 Å². The molecule has 4 nitrogen and oxygen atoms in total. The summed E-state index contributed by atoms with van der Waals surface area (Å²) in [6.45, 7) is 11.5. The second-order valence-corrected chi connectivity index (χ2v) is 13.6. The fraction of sp³-hybridized carbons (Fsp3) is 0.371. The highest BCUT2D eigenvalue weighted by molar-refractivity contribution is 6.16. The van der Waals surface area contributed by atoms with Crippen LogP contribution in [-0.2, 0) is 15.6 Å². The Morgan fingerprint density at radius 2 is 1.64 bits per heavy atom. The SMILES string of the molecule is COC1(O)C2c3ccc4cc(C(C)(C)C)ccc4c3C3=[N+](C=NC4C3c3cc5ccccc5cc3C4(C)C)C21. The molecule has 1 fully saturated rings. The molecule has 8 rings (SSSR count). The van der Waals surface area contributed by atoms with Crippen LogP contribution in [0.5, 0.6) is 0 Å². The maximum Gasteiger partial charge on any atom is 0.281 e. The van der Waals surface area contributed by atoms with Crippen LogP contribution in [-0.4, -0.2) is 46.7 Å². The van der Waals surface area contributed by atoms with Crippen LogP contribution in [0, 0.1) is 0 Å². The smallest absolute Gasteiger partial charge is 0.281 e. The van der Waals surface area contributed by atoms with Crippen molar-refractivity contribution >= 4 is 33.6 Å². The van der Waals surface area contributed by atoms with E-state index in [9.17, 15) is 5.11 Å². The highest BCUT2D eigenvalue weighted by atomic mass is 16.6. The van der Waals surface area contributed by atoms with Crippen molar-refractivity contribution in [2.45, 2.75) is 75.2 Å². The zero-order valence-corrected chi connectivity index (χ0v) is 23.5. The first-order valence-corrected chi connectivity index (χ1v) is 14.1. The first kappa shape index (κ1) is 23.5. The predicted molar refractivity (Wildman–Crippen MR) is 158 cm³/mol. The van der Waals surface area contributed by atoms with E-state index in [0.717, 1.165) is 0 Å². The average Bonchev–Trinajstić information content (AvgIpc) is 3.49. The van der Waals surface area contributed by atoms with E-state index in [-0.39, 0.29) is 34.7 Å². The lowest BCUT2D eigenvalue weighted by molar-refractivity contribution is -0.443. The Kier molecular flexibility index (Phi) is 4.37. The van der Waals surface area contributed by atoms with Gasteiger partial charge >= 0.3 is 0 Å². The van der Waals surface area contributed by atoms with Crippen LogP contribution < -0.4 is 0 Å². The molecule has 4 aromatic carbocycles. The third-order valence-electron chi connectivity index (χ3n) is 10.1. The summed E-state index contributed by atoms with van der Waals surface area (Å²) in [5.74, 6) is -1.24. The van der Waals surface area contributed by atoms with Crippen molar-refractivity contribution in [2.24, 2.45) is 4.99 Å². The van der Waals surface area contributed by atoms with Crippen molar-refractivity contribution < 1.29 is 14.4 Å². The number of aliphatic hydroxyl groups is 1. The Morgan fingerprint density at radius 3 is 2.36 bits per heavy atom. The molecule has 4 aromatic rings.